The van der Waals surface area contributed by atoms with Gasteiger partial charge in [0, 0.05) is 19.4 Å². The van der Waals surface area contributed by atoms with E-state index < -0.39 is 42.3 Å². The van der Waals surface area contributed by atoms with Crippen molar-refractivity contribution in [3.63, 3.8) is 0 Å². The number of aliphatic hydroxyl groups excluding tert-OH is 4. The Labute approximate surface area is 146 Å². The quantitative estimate of drug-likeness (QED) is 0.372. The Morgan fingerprint density at radius 1 is 1.36 bits per heavy atom. The maximum Gasteiger partial charge on any atom is 0.256 e. The number of carbonyl (C=O) groups is 1. The van der Waals surface area contributed by atoms with Crippen LogP contribution in [0.25, 0.3) is 0 Å². The van der Waals surface area contributed by atoms with Gasteiger partial charge in [-0.15, -0.1) is 0 Å². The fraction of sp³-hybridized carbons (Fsp3) is 0.812. The van der Waals surface area contributed by atoms with Crippen LogP contribution in [0, 0.1) is 5.92 Å². The summed E-state index contributed by atoms with van der Waals surface area (Å²) in [4.78, 5) is 12.4. The molecule has 0 bridgehead atoms. The number of methoxy groups -OCH3 is 1. The largest absolute Gasteiger partial charge is 0.388 e. The number of aliphatic hydroxyl groups is 4. The number of amides is 1. The number of hydrogen-bond acceptors (Lipinski definition) is 8. The van der Waals surface area contributed by atoms with Crippen molar-refractivity contribution in [2.45, 2.75) is 62.8 Å². The average Bonchev–Trinajstić information content (AvgIpc) is 2.58. The minimum Gasteiger partial charge on any atom is -0.388 e. The molecule has 2 fully saturated rings. The van der Waals surface area contributed by atoms with Crippen LogP contribution in [0.2, 0.25) is 0 Å². The molecule has 8 atom stereocenters. The maximum absolute atomic E-state index is 12.4. The zero-order valence-corrected chi connectivity index (χ0v) is 14.6. The summed E-state index contributed by atoms with van der Waals surface area (Å²) in [7, 11) is 1.32. The van der Waals surface area contributed by atoms with Gasteiger partial charge in [-0.2, -0.15) is 0 Å². The molecule has 9 heteroatoms. The first-order chi connectivity index (χ1) is 11.6. The van der Waals surface area contributed by atoms with Gasteiger partial charge in [-0.1, -0.05) is 19.1 Å². The third-order valence-corrected chi connectivity index (χ3v) is 5.00. The third-order valence-electron chi connectivity index (χ3n) is 5.00. The number of carbonyl (C=O) groups excluding carboxylic acids is 1. The Morgan fingerprint density at radius 3 is 2.56 bits per heavy atom. The van der Waals surface area contributed by atoms with Gasteiger partial charge in [0.1, 0.15) is 18.3 Å². The van der Waals surface area contributed by atoms with Crippen molar-refractivity contribution < 1.29 is 39.4 Å². The molecule has 9 nitrogen and oxygen atoms in total. The molecule has 0 saturated carbocycles. The molecule has 25 heavy (non-hydrogen) atoms. The van der Waals surface area contributed by atoms with Crippen LogP contribution in [-0.4, -0.2) is 82.6 Å². The van der Waals surface area contributed by atoms with Gasteiger partial charge in [-0.25, -0.2) is 0 Å². The van der Waals surface area contributed by atoms with Gasteiger partial charge < -0.3 is 40.0 Å². The van der Waals surface area contributed by atoms with E-state index in [0.29, 0.717) is 0 Å². The van der Waals surface area contributed by atoms with Gasteiger partial charge in [0.15, 0.2) is 12.3 Å². The monoisotopic (exact) mass is 361 g/mol. The SMILES string of the molecule is C=C1C[C@](OC)([C@H](O)C(=O)N[C@H]2OC[C@H](O)[C@@H](O)[C@@H]2O)O[C@H](C)[C@@H]1C. The first-order valence-corrected chi connectivity index (χ1v) is 8.18. The van der Waals surface area contributed by atoms with Crippen molar-refractivity contribution in [3.8, 4) is 0 Å². The Morgan fingerprint density at radius 2 is 2.00 bits per heavy atom. The van der Waals surface area contributed by atoms with Crippen LogP contribution in [-0.2, 0) is 19.0 Å². The lowest BCUT2D eigenvalue weighted by atomic mass is 9.85. The number of hydrogen-bond donors (Lipinski definition) is 5. The highest BCUT2D eigenvalue weighted by atomic mass is 16.7. The smallest absolute Gasteiger partial charge is 0.256 e. The topological polar surface area (TPSA) is 138 Å². The predicted octanol–water partition coefficient (Wildman–Crippen LogP) is -1.75. The molecule has 0 aliphatic carbocycles. The Balaban J connectivity index is 2.09. The van der Waals surface area contributed by atoms with Crippen molar-refractivity contribution in [2.24, 2.45) is 5.92 Å². The van der Waals surface area contributed by atoms with E-state index in [0.717, 1.165) is 5.57 Å². The van der Waals surface area contributed by atoms with Crippen molar-refractivity contribution in [1.29, 1.82) is 0 Å². The Kier molecular flexibility index (Phi) is 6.21. The standard InChI is InChI=1S/C16H27NO8/c1-7-5-16(23-4,25-9(3)8(7)2)13(21)14(22)17-15-12(20)11(19)10(18)6-24-15/h8-13,15,18-21H,1,5-6H2,2-4H3,(H,17,22)/t8-,9-,10+,11-,12+,13-,15+,16-/m1/s1. The van der Waals surface area contributed by atoms with Crippen molar-refractivity contribution in [3.05, 3.63) is 12.2 Å². The van der Waals surface area contributed by atoms with Gasteiger partial charge in [0.05, 0.1) is 12.7 Å². The predicted molar refractivity (Wildman–Crippen MR) is 85.1 cm³/mol. The maximum atomic E-state index is 12.4. The molecule has 2 saturated heterocycles. The second-order valence-electron chi connectivity index (χ2n) is 6.68. The summed E-state index contributed by atoms with van der Waals surface area (Å²) >= 11 is 0. The molecule has 0 aromatic heterocycles. The molecule has 0 unspecified atom stereocenters. The lowest BCUT2D eigenvalue weighted by Crippen LogP contribution is -2.63. The van der Waals surface area contributed by atoms with Gasteiger partial charge in [-0.3, -0.25) is 4.79 Å². The van der Waals surface area contributed by atoms with E-state index in [-0.39, 0.29) is 25.0 Å². The second kappa shape index (κ2) is 7.67. The third kappa shape index (κ3) is 3.87. The summed E-state index contributed by atoms with van der Waals surface area (Å²) in [6.07, 6.45) is -7.47. The Hall–Kier alpha value is -1.07. The van der Waals surface area contributed by atoms with E-state index in [1.807, 2.05) is 6.92 Å². The minimum absolute atomic E-state index is 0.0404. The summed E-state index contributed by atoms with van der Waals surface area (Å²) in [6.45, 7) is 7.40. The molecule has 0 aromatic carbocycles. The molecule has 1 amide bonds. The highest BCUT2D eigenvalue weighted by Gasteiger charge is 2.50. The lowest BCUT2D eigenvalue weighted by molar-refractivity contribution is -0.298. The molecule has 144 valence electrons. The molecule has 2 aliphatic rings. The molecular formula is C16H27NO8. The van der Waals surface area contributed by atoms with Crippen molar-refractivity contribution in [2.75, 3.05) is 13.7 Å². The summed E-state index contributed by atoms with van der Waals surface area (Å²) in [6, 6.07) is 0. The Bertz CT molecular complexity index is 514. The van der Waals surface area contributed by atoms with Crippen LogP contribution in [0.1, 0.15) is 20.3 Å². The lowest BCUT2D eigenvalue weighted by Gasteiger charge is -2.45. The van der Waals surface area contributed by atoms with Gasteiger partial charge in [0.2, 0.25) is 5.79 Å². The summed E-state index contributed by atoms with van der Waals surface area (Å²) < 4.78 is 16.2. The molecular weight excluding hydrogens is 334 g/mol. The number of nitrogens with one attached hydrogen (secondary N) is 1. The zero-order chi connectivity index (χ0) is 18.9. The molecule has 2 heterocycles. The fourth-order valence-corrected chi connectivity index (χ4v) is 3.01. The van der Waals surface area contributed by atoms with Gasteiger partial charge in [0.25, 0.3) is 5.91 Å². The van der Waals surface area contributed by atoms with Crippen LogP contribution in [0.4, 0.5) is 0 Å². The zero-order valence-electron chi connectivity index (χ0n) is 14.6. The van der Waals surface area contributed by atoms with Crippen molar-refractivity contribution >= 4 is 5.91 Å². The fourth-order valence-electron chi connectivity index (χ4n) is 3.01. The van der Waals surface area contributed by atoms with Crippen LogP contribution >= 0.6 is 0 Å². The summed E-state index contributed by atoms with van der Waals surface area (Å²) in [5, 5.41) is 41.8. The molecule has 2 aliphatic heterocycles. The van der Waals surface area contributed by atoms with E-state index in [1.165, 1.54) is 7.11 Å². The molecule has 5 N–H and O–H groups in total. The minimum atomic E-state index is -1.72. The molecule has 0 aromatic rings. The van der Waals surface area contributed by atoms with E-state index in [9.17, 15) is 25.2 Å². The van der Waals surface area contributed by atoms with Crippen LogP contribution in [0.5, 0.6) is 0 Å². The van der Waals surface area contributed by atoms with Gasteiger partial charge in [-0.05, 0) is 6.92 Å². The van der Waals surface area contributed by atoms with Crippen LogP contribution < -0.4 is 5.32 Å². The van der Waals surface area contributed by atoms with Crippen LogP contribution in [0.3, 0.4) is 0 Å². The summed E-state index contributed by atoms with van der Waals surface area (Å²) in [5.74, 6) is -2.46. The first kappa shape index (κ1) is 20.2. The average molecular weight is 361 g/mol. The number of rotatable bonds is 4. The van der Waals surface area contributed by atoms with E-state index in [4.69, 9.17) is 14.2 Å². The highest BCUT2D eigenvalue weighted by molar-refractivity contribution is 5.82. The van der Waals surface area contributed by atoms with E-state index in [1.54, 1.807) is 6.92 Å². The second-order valence-corrected chi connectivity index (χ2v) is 6.68. The first-order valence-electron chi connectivity index (χ1n) is 8.18. The molecule has 2 rings (SSSR count). The van der Waals surface area contributed by atoms with E-state index >= 15 is 0 Å². The molecule has 0 spiro atoms. The molecule has 0 radical (unpaired) electrons. The highest BCUT2D eigenvalue weighted by Crippen LogP contribution is 2.38. The van der Waals surface area contributed by atoms with Crippen molar-refractivity contribution in [1.82, 2.24) is 5.32 Å². The summed E-state index contributed by atoms with van der Waals surface area (Å²) in [5.41, 5.74) is 0.778. The normalized spacial score (nSPS) is 43.6. The van der Waals surface area contributed by atoms with E-state index in [2.05, 4.69) is 11.9 Å². The van der Waals surface area contributed by atoms with Crippen LogP contribution in [0.15, 0.2) is 12.2 Å². The van der Waals surface area contributed by atoms with Gasteiger partial charge >= 0.3 is 0 Å². The number of ether oxygens (including phenoxy) is 3.